The van der Waals surface area contributed by atoms with Gasteiger partial charge in [0.15, 0.2) is 0 Å². The lowest BCUT2D eigenvalue weighted by Crippen LogP contribution is -1.96. The summed E-state index contributed by atoms with van der Waals surface area (Å²) in [4.78, 5) is 30.6. The van der Waals surface area contributed by atoms with E-state index in [1.807, 2.05) is 6.07 Å². The lowest BCUT2D eigenvalue weighted by molar-refractivity contribution is 0.0994. The van der Waals surface area contributed by atoms with Crippen LogP contribution in [0.5, 0.6) is 0 Å². The van der Waals surface area contributed by atoms with Crippen molar-refractivity contribution >= 4 is 23.0 Å². The first-order chi connectivity index (χ1) is 6.81. The molecule has 1 heterocycles. The summed E-state index contributed by atoms with van der Waals surface area (Å²) in [7, 11) is 0. The molecule has 14 heavy (non-hydrogen) atoms. The molecule has 0 aliphatic carbocycles. The highest BCUT2D eigenvalue weighted by atomic mass is 16.2. The van der Waals surface area contributed by atoms with Gasteiger partial charge in [-0.25, -0.2) is 9.78 Å². The highest BCUT2D eigenvalue weighted by Crippen LogP contribution is 2.10. The van der Waals surface area contributed by atoms with Crippen LogP contribution in [0.15, 0.2) is 29.3 Å². The number of amides is 1. The van der Waals surface area contributed by atoms with Crippen LogP contribution in [0.2, 0.25) is 0 Å². The van der Waals surface area contributed by atoms with E-state index < -0.39 is 5.91 Å². The normalized spacial score (nSPS) is 9.71. The van der Waals surface area contributed by atoms with Gasteiger partial charge in [0.05, 0.1) is 11.0 Å². The fraction of sp³-hybridized carbons (Fsp3) is 0. The number of rotatable bonds is 1. The number of aliphatic imine (C=N–C) groups is 1. The van der Waals surface area contributed by atoms with Crippen molar-refractivity contribution in [1.29, 1.82) is 0 Å². The van der Waals surface area contributed by atoms with Crippen molar-refractivity contribution in [2.45, 2.75) is 0 Å². The van der Waals surface area contributed by atoms with Gasteiger partial charge >= 0.3 is 5.91 Å². The van der Waals surface area contributed by atoms with Gasteiger partial charge in [-0.3, -0.25) is 4.79 Å². The quantitative estimate of drug-likeness (QED) is 0.535. The van der Waals surface area contributed by atoms with Gasteiger partial charge in [-0.15, -0.1) is 4.99 Å². The van der Waals surface area contributed by atoms with Crippen LogP contribution < -0.4 is 0 Å². The summed E-state index contributed by atoms with van der Waals surface area (Å²) in [6, 6.07) is 7.16. The molecule has 1 amide bonds. The van der Waals surface area contributed by atoms with Crippen molar-refractivity contribution in [2.24, 2.45) is 4.99 Å². The van der Waals surface area contributed by atoms with Crippen LogP contribution in [0.25, 0.3) is 11.0 Å². The number of para-hydroxylation sites is 2. The molecule has 0 spiro atoms. The lowest BCUT2D eigenvalue weighted by Gasteiger charge is -1.82. The number of hydrogen-bond acceptors (Lipinski definition) is 3. The monoisotopic (exact) mass is 187 g/mol. The van der Waals surface area contributed by atoms with E-state index in [2.05, 4.69) is 15.0 Å². The summed E-state index contributed by atoms with van der Waals surface area (Å²) in [5.74, 6) is -0.661. The Balaban J connectivity index is 2.55. The number of imidazole rings is 1. The third kappa shape index (κ3) is 1.32. The Morgan fingerprint density at radius 3 is 2.93 bits per heavy atom. The van der Waals surface area contributed by atoms with Gasteiger partial charge in [0, 0.05) is 0 Å². The molecule has 2 aromatic rings. The summed E-state index contributed by atoms with van der Waals surface area (Å²) in [5, 5.41) is 0. The van der Waals surface area contributed by atoms with Gasteiger partial charge in [0.1, 0.15) is 0 Å². The van der Waals surface area contributed by atoms with E-state index in [1.54, 1.807) is 18.2 Å². The fourth-order valence-corrected chi connectivity index (χ4v) is 1.15. The van der Waals surface area contributed by atoms with E-state index in [0.29, 0.717) is 5.52 Å². The largest absolute Gasteiger partial charge is 0.334 e. The van der Waals surface area contributed by atoms with Crippen molar-refractivity contribution < 1.29 is 9.59 Å². The summed E-state index contributed by atoms with van der Waals surface area (Å²) in [6.45, 7) is 0. The first kappa shape index (κ1) is 8.34. The Morgan fingerprint density at radius 2 is 2.21 bits per heavy atom. The number of benzene rings is 1. The lowest BCUT2D eigenvalue weighted by atomic mass is 10.3. The number of nitrogens with one attached hydrogen (secondary N) is 1. The number of carbonyl (C=O) groups excluding carboxylic acids is 2. The predicted molar refractivity (Wildman–Crippen MR) is 48.5 cm³/mol. The molecule has 5 heteroatoms. The summed E-state index contributed by atoms with van der Waals surface area (Å²) < 4.78 is 0. The van der Waals surface area contributed by atoms with Crippen molar-refractivity contribution in [2.75, 3.05) is 0 Å². The maximum atomic E-state index is 11.1. The van der Waals surface area contributed by atoms with Gasteiger partial charge in [-0.05, 0) is 12.1 Å². The zero-order valence-corrected chi connectivity index (χ0v) is 7.02. The molecule has 0 saturated carbocycles. The van der Waals surface area contributed by atoms with E-state index >= 15 is 0 Å². The van der Waals surface area contributed by atoms with Crippen molar-refractivity contribution in [3.8, 4) is 0 Å². The van der Waals surface area contributed by atoms with Gasteiger partial charge in [0.25, 0.3) is 0 Å². The second-order valence-corrected chi connectivity index (χ2v) is 2.61. The van der Waals surface area contributed by atoms with Gasteiger partial charge in [0.2, 0.25) is 11.9 Å². The van der Waals surface area contributed by atoms with E-state index in [-0.39, 0.29) is 5.82 Å². The molecule has 1 aromatic heterocycles. The molecule has 0 saturated heterocycles. The Kier molecular flexibility index (Phi) is 1.93. The third-order valence-electron chi connectivity index (χ3n) is 1.74. The highest BCUT2D eigenvalue weighted by molar-refractivity contribution is 5.96. The van der Waals surface area contributed by atoms with Crippen molar-refractivity contribution in [3.63, 3.8) is 0 Å². The molecule has 0 aliphatic heterocycles. The van der Waals surface area contributed by atoms with Crippen LogP contribution in [0.3, 0.4) is 0 Å². The van der Waals surface area contributed by atoms with E-state index in [0.717, 1.165) is 5.52 Å². The number of isocyanates is 1. The zero-order chi connectivity index (χ0) is 9.97. The Hall–Kier alpha value is -2.26. The van der Waals surface area contributed by atoms with Crippen LogP contribution in [0.1, 0.15) is 10.6 Å². The molecule has 0 radical (unpaired) electrons. The average molecular weight is 187 g/mol. The number of aromatic nitrogens is 2. The molecule has 68 valence electrons. The number of fused-ring (bicyclic) bond motifs is 1. The minimum Gasteiger partial charge on any atom is -0.334 e. The molecule has 0 aliphatic rings. The van der Waals surface area contributed by atoms with Crippen molar-refractivity contribution in [1.82, 2.24) is 9.97 Å². The van der Waals surface area contributed by atoms with Crippen LogP contribution >= 0.6 is 0 Å². The Bertz CT molecular complexity index is 505. The average Bonchev–Trinajstić information content (AvgIpc) is 2.61. The van der Waals surface area contributed by atoms with Crippen LogP contribution in [-0.4, -0.2) is 22.0 Å². The molecule has 1 aromatic carbocycles. The van der Waals surface area contributed by atoms with E-state index in [4.69, 9.17) is 0 Å². The molecular weight excluding hydrogens is 182 g/mol. The minimum absolute atomic E-state index is 0.0505. The van der Waals surface area contributed by atoms with Crippen molar-refractivity contribution in [3.05, 3.63) is 30.1 Å². The maximum absolute atomic E-state index is 11.1. The Morgan fingerprint density at radius 1 is 1.43 bits per heavy atom. The first-order valence-electron chi connectivity index (χ1n) is 3.88. The SMILES string of the molecule is O=C=NC(=O)c1nc2ccccc2[nH]1. The fourth-order valence-electron chi connectivity index (χ4n) is 1.15. The molecule has 0 atom stereocenters. The first-order valence-corrected chi connectivity index (χ1v) is 3.88. The van der Waals surface area contributed by atoms with Gasteiger partial charge in [-0.1, -0.05) is 12.1 Å². The molecule has 2 rings (SSSR count). The number of nitrogens with zero attached hydrogens (tertiary/aromatic N) is 2. The number of aromatic amines is 1. The molecule has 1 N–H and O–H groups in total. The highest BCUT2D eigenvalue weighted by Gasteiger charge is 2.09. The number of H-pyrrole nitrogens is 1. The smallest absolute Gasteiger partial charge is 0.323 e. The molecular formula is C9H5N3O2. The zero-order valence-electron chi connectivity index (χ0n) is 7.02. The van der Waals surface area contributed by atoms with Crippen LogP contribution in [0.4, 0.5) is 0 Å². The molecule has 5 nitrogen and oxygen atoms in total. The van der Waals surface area contributed by atoms with Gasteiger partial charge < -0.3 is 4.98 Å². The van der Waals surface area contributed by atoms with E-state index in [1.165, 1.54) is 6.08 Å². The number of hydrogen-bond donors (Lipinski definition) is 1. The van der Waals surface area contributed by atoms with Gasteiger partial charge in [-0.2, -0.15) is 0 Å². The summed E-state index contributed by atoms with van der Waals surface area (Å²) in [6.07, 6.45) is 1.18. The predicted octanol–water partition coefficient (Wildman–Crippen LogP) is 1.04. The summed E-state index contributed by atoms with van der Waals surface area (Å²) in [5.41, 5.74) is 1.40. The molecule has 0 fully saturated rings. The minimum atomic E-state index is -0.712. The molecule has 0 bridgehead atoms. The topological polar surface area (TPSA) is 75.2 Å². The summed E-state index contributed by atoms with van der Waals surface area (Å²) >= 11 is 0. The standard InChI is InChI=1S/C9H5N3O2/c13-5-10-9(14)8-11-6-3-1-2-4-7(6)12-8/h1-4H,(H,11,12). The second kappa shape index (κ2) is 3.24. The second-order valence-electron chi connectivity index (χ2n) is 2.61. The Labute approximate surface area is 78.5 Å². The van der Waals surface area contributed by atoms with Crippen LogP contribution in [-0.2, 0) is 4.79 Å². The maximum Gasteiger partial charge on any atom is 0.323 e. The third-order valence-corrected chi connectivity index (χ3v) is 1.74. The van der Waals surface area contributed by atoms with E-state index in [9.17, 15) is 9.59 Å². The number of carbonyl (C=O) groups is 1. The van der Waals surface area contributed by atoms with Crippen LogP contribution in [0, 0.1) is 0 Å². The molecule has 0 unspecified atom stereocenters.